The molecule has 0 heterocycles. The molecule has 0 aliphatic carbocycles. The van der Waals surface area contributed by atoms with Crippen LogP contribution in [0.1, 0.15) is 26.2 Å². The first-order chi connectivity index (χ1) is 10.0. The van der Waals surface area contributed by atoms with Gasteiger partial charge < -0.3 is 15.2 Å². The predicted octanol–water partition coefficient (Wildman–Crippen LogP) is 1.76. The van der Waals surface area contributed by atoms with Crippen molar-refractivity contribution in [1.29, 1.82) is 0 Å². The molecule has 1 aromatic carbocycles. The molecule has 0 saturated heterocycles. The van der Waals surface area contributed by atoms with E-state index in [4.69, 9.17) is 15.2 Å². The lowest BCUT2D eigenvalue weighted by Crippen LogP contribution is -2.25. The highest BCUT2D eigenvalue weighted by atomic mass is 32.2. The second-order valence-corrected chi connectivity index (χ2v) is 6.39. The van der Waals surface area contributed by atoms with Gasteiger partial charge in [-0.1, -0.05) is 13.3 Å². The molecule has 0 aliphatic rings. The molecule has 1 aromatic rings. The second kappa shape index (κ2) is 8.86. The van der Waals surface area contributed by atoms with Crippen molar-refractivity contribution < 1.29 is 17.9 Å². The van der Waals surface area contributed by atoms with Gasteiger partial charge in [-0.2, -0.15) is 0 Å². The number of sulfonamides is 1. The summed E-state index contributed by atoms with van der Waals surface area (Å²) in [7, 11) is -2.06. The first-order valence-electron chi connectivity index (χ1n) is 7.02. The van der Waals surface area contributed by atoms with Crippen molar-refractivity contribution in [1.82, 2.24) is 4.72 Å². The average Bonchev–Trinajstić information content (AvgIpc) is 2.46. The van der Waals surface area contributed by atoms with Crippen LogP contribution in [0.15, 0.2) is 23.1 Å². The molecule has 0 spiro atoms. The van der Waals surface area contributed by atoms with Gasteiger partial charge in [-0.05, 0) is 31.0 Å². The summed E-state index contributed by atoms with van der Waals surface area (Å²) in [5.74, 6) is 0.457. The molecule has 0 aliphatic heterocycles. The van der Waals surface area contributed by atoms with Crippen LogP contribution in [0.25, 0.3) is 0 Å². The van der Waals surface area contributed by atoms with Crippen LogP contribution in [-0.4, -0.2) is 35.3 Å². The Labute approximate surface area is 126 Å². The van der Waals surface area contributed by atoms with E-state index in [1.165, 1.54) is 25.3 Å². The van der Waals surface area contributed by atoms with E-state index in [2.05, 4.69) is 11.6 Å². The molecule has 0 amide bonds. The van der Waals surface area contributed by atoms with Gasteiger partial charge in [0.05, 0.1) is 17.7 Å². The van der Waals surface area contributed by atoms with Gasteiger partial charge in [-0.25, -0.2) is 13.1 Å². The van der Waals surface area contributed by atoms with E-state index in [9.17, 15) is 8.42 Å². The lowest BCUT2D eigenvalue weighted by Gasteiger charge is -2.09. The number of nitrogens with one attached hydrogen (secondary N) is 1. The van der Waals surface area contributed by atoms with Crippen LogP contribution in [0, 0.1) is 0 Å². The number of unbranched alkanes of at least 4 members (excludes halogenated alkanes) is 1. The van der Waals surface area contributed by atoms with Crippen molar-refractivity contribution >= 4 is 15.7 Å². The van der Waals surface area contributed by atoms with Crippen molar-refractivity contribution in [2.75, 3.05) is 32.6 Å². The third-order valence-corrected chi connectivity index (χ3v) is 4.37. The zero-order valence-electron chi connectivity index (χ0n) is 12.6. The van der Waals surface area contributed by atoms with Crippen molar-refractivity contribution in [3.63, 3.8) is 0 Å². The van der Waals surface area contributed by atoms with E-state index >= 15 is 0 Å². The molecular formula is C14H24N2O4S. The number of hydrogen-bond donors (Lipinski definition) is 2. The summed E-state index contributed by atoms with van der Waals surface area (Å²) in [6, 6.07) is 4.39. The Morgan fingerprint density at radius 3 is 2.57 bits per heavy atom. The maximum atomic E-state index is 12.1. The molecule has 0 radical (unpaired) electrons. The van der Waals surface area contributed by atoms with Crippen LogP contribution in [0.2, 0.25) is 0 Å². The van der Waals surface area contributed by atoms with Crippen molar-refractivity contribution in [3.05, 3.63) is 18.2 Å². The summed E-state index contributed by atoms with van der Waals surface area (Å²) in [6.45, 7) is 3.70. The Morgan fingerprint density at radius 2 is 1.95 bits per heavy atom. The predicted molar refractivity (Wildman–Crippen MR) is 82.9 cm³/mol. The number of hydrogen-bond acceptors (Lipinski definition) is 5. The number of nitrogens with two attached hydrogens (primary N) is 1. The number of rotatable bonds is 10. The fourth-order valence-corrected chi connectivity index (χ4v) is 2.80. The van der Waals surface area contributed by atoms with Crippen LogP contribution in [-0.2, 0) is 14.8 Å². The first kappa shape index (κ1) is 17.7. The van der Waals surface area contributed by atoms with Gasteiger partial charge in [0.2, 0.25) is 10.0 Å². The van der Waals surface area contributed by atoms with Gasteiger partial charge in [0.1, 0.15) is 5.75 Å². The zero-order chi connectivity index (χ0) is 15.7. The highest BCUT2D eigenvalue weighted by Crippen LogP contribution is 2.24. The highest BCUT2D eigenvalue weighted by molar-refractivity contribution is 7.89. The minimum absolute atomic E-state index is 0.132. The molecule has 0 fully saturated rings. The van der Waals surface area contributed by atoms with E-state index in [1.54, 1.807) is 0 Å². The first-order valence-corrected chi connectivity index (χ1v) is 8.50. The maximum Gasteiger partial charge on any atom is 0.240 e. The van der Waals surface area contributed by atoms with E-state index < -0.39 is 10.0 Å². The summed E-state index contributed by atoms with van der Waals surface area (Å²) in [5, 5.41) is 0. The third-order valence-electron chi connectivity index (χ3n) is 2.91. The summed E-state index contributed by atoms with van der Waals surface area (Å²) in [6.07, 6.45) is 2.75. The van der Waals surface area contributed by atoms with Crippen LogP contribution in [0.3, 0.4) is 0 Å². The average molecular weight is 316 g/mol. The molecule has 0 atom stereocenters. The fraction of sp³-hybridized carbons (Fsp3) is 0.571. The number of nitrogen functional groups attached to an aromatic ring is 1. The van der Waals surface area contributed by atoms with Gasteiger partial charge >= 0.3 is 0 Å². The molecule has 0 unspecified atom stereocenters. The fourth-order valence-electron chi connectivity index (χ4n) is 1.69. The monoisotopic (exact) mass is 316 g/mol. The van der Waals surface area contributed by atoms with Crippen LogP contribution < -0.4 is 15.2 Å². The minimum Gasteiger partial charge on any atom is -0.495 e. The molecule has 6 nitrogen and oxygen atoms in total. The maximum absolute atomic E-state index is 12.1. The Hall–Kier alpha value is -1.31. The minimum atomic E-state index is -3.55. The number of methoxy groups -OCH3 is 1. The Kier molecular flexibility index (Phi) is 7.49. The molecule has 21 heavy (non-hydrogen) atoms. The lowest BCUT2D eigenvalue weighted by molar-refractivity contribution is 0.130. The largest absolute Gasteiger partial charge is 0.495 e. The van der Waals surface area contributed by atoms with Gasteiger partial charge in [0.25, 0.3) is 0 Å². The van der Waals surface area contributed by atoms with E-state index in [0.29, 0.717) is 31.0 Å². The highest BCUT2D eigenvalue weighted by Gasteiger charge is 2.14. The second-order valence-electron chi connectivity index (χ2n) is 4.62. The Morgan fingerprint density at radius 1 is 1.24 bits per heavy atom. The summed E-state index contributed by atoms with van der Waals surface area (Å²) < 4.78 is 37.0. The molecule has 1 rings (SSSR count). The molecule has 0 bridgehead atoms. The topological polar surface area (TPSA) is 90.6 Å². The number of anilines is 1. The molecule has 0 aromatic heterocycles. The van der Waals surface area contributed by atoms with Crippen molar-refractivity contribution in [2.24, 2.45) is 0 Å². The van der Waals surface area contributed by atoms with Crippen LogP contribution >= 0.6 is 0 Å². The van der Waals surface area contributed by atoms with Gasteiger partial charge in [-0.15, -0.1) is 0 Å². The summed E-state index contributed by atoms with van der Waals surface area (Å²) in [4.78, 5) is 0.132. The number of ether oxygens (including phenoxy) is 2. The molecule has 0 saturated carbocycles. The molecular weight excluding hydrogens is 292 g/mol. The molecule has 3 N–H and O–H groups in total. The molecule has 120 valence electrons. The van der Waals surface area contributed by atoms with Crippen molar-refractivity contribution in [3.8, 4) is 5.75 Å². The third kappa shape index (κ3) is 5.91. The van der Waals surface area contributed by atoms with E-state index in [0.717, 1.165) is 19.4 Å². The van der Waals surface area contributed by atoms with Gasteiger partial charge in [0.15, 0.2) is 0 Å². The lowest BCUT2D eigenvalue weighted by atomic mass is 10.3. The van der Waals surface area contributed by atoms with Crippen molar-refractivity contribution in [2.45, 2.75) is 31.1 Å². The molecule has 7 heteroatoms. The standard InChI is InChI=1S/C14H24N2O4S/c1-3-4-9-20-10-5-8-16-21(17,18)12-6-7-14(19-2)13(15)11-12/h6-7,11,16H,3-5,8-10,15H2,1-2H3. The summed E-state index contributed by atoms with van der Waals surface area (Å²) in [5.41, 5.74) is 6.01. The van der Waals surface area contributed by atoms with Crippen LogP contribution in [0.4, 0.5) is 5.69 Å². The Balaban J connectivity index is 2.45. The smallest absolute Gasteiger partial charge is 0.240 e. The summed E-state index contributed by atoms with van der Waals surface area (Å²) >= 11 is 0. The van der Waals surface area contributed by atoms with E-state index in [1.807, 2.05) is 0 Å². The number of benzene rings is 1. The Bertz CT molecular complexity index is 532. The van der Waals surface area contributed by atoms with Gasteiger partial charge in [-0.3, -0.25) is 0 Å². The quantitative estimate of drug-likeness (QED) is 0.507. The SMILES string of the molecule is CCCCOCCCNS(=O)(=O)c1ccc(OC)c(N)c1. The zero-order valence-corrected chi connectivity index (χ0v) is 13.4. The van der Waals surface area contributed by atoms with Gasteiger partial charge in [0, 0.05) is 19.8 Å². The van der Waals surface area contributed by atoms with E-state index in [-0.39, 0.29) is 4.90 Å². The normalized spacial score (nSPS) is 11.5. The van der Waals surface area contributed by atoms with Crippen LogP contribution in [0.5, 0.6) is 5.75 Å².